The Labute approximate surface area is 169 Å². The van der Waals surface area contributed by atoms with Crippen molar-refractivity contribution in [2.24, 2.45) is 0 Å². The van der Waals surface area contributed by atoms with Gasteiger partial charge in [0.2, 0.25) is 0 Å². The molecule has 0 amide bonds. The van der Waals surface area contributed by atoms with Crippen LogP contribution in [0.5, 0.6) is 0 Å². The molecule has 138 valence electrons. The van der Waals surface area contributed by atoms with Crippen LogP contribution in [-0.2, 0) is 0 Å². The molecule has 0 saturated heterocycles. The van der Waals surface area contributed by atoms with Gasteiger partial charge in [0.25, 0.3) is 0 Å². The summed E-state index contributed by atoms with van der Waals surface area (Å²) in [6.07, 6.45) is 3.70. The van der Waals surface area contributed by atoms with Crippen LogP contribution in [0.1, 0.15) is 68.5 Å². The molecule has 0 aliphatic heterocycles. The summed E-state index contributed by atoms with van der Waals surface area (Å²) in [5.41, 5.74) is 0. The predicted octanol–water partition coefficient (Wildman–Crippen LogP) is 9.28. The molecule has 27 heavy (non-hydrogen) atoms. The fraction of sp³-hybridized carbons (Fsp3) is 0.360. The second-order valence-electron chi connectivity index (χ2n) is 8.04. The Bertz CT molecular complexity index is 1250. The molecule has 3 aromatic carbocycles. The highest BCUT2D eigenvalue weighted by Crippen LogP contribution is 2.51. The van der Waals surface area contributed by atoms with Crippen LogP contribution in [-0.4, -0.2) is 0 Å². The molecule has 2 heterocycles. The summed E-state index contributed by atoms with van der Waals surface area (Å²) >= 11 is 4.05. The maximum Gasteiger partial charge on any atom is 0.0358 e. The molecule has 0 N–H and O–H groups in total. The van der Waals surface area contributed by atoms with E-state index >= 15 is 0 Å². The highest BCUT2D eigenvalue weighted by molar-refractivity contribution is 7.21. The zero-order valence-electron chi connectivity index (χ0n) is 16.6. The quantitative estimate of drug-likeness (QED) is 0.262. The molecule has 0 saturated carbocycles. The largest absolute Gasteiger partial charge is 0.139 e. The van der Waals surface area contributed by atoms with Gasteiger partial charge in [-0.25, -0.2) is 0 Å². The molecule has 0 bridgehead atoms. The van der Waals surface area contributed by atoms with Gasteiger partial charge in [-0.05, 0) is 47.6 Å². The van der Waals surface area contributed by atoms with Gasteiger partial charge in [-0.1, -0.05) is 58.4 Å². The maximum absolute atomic E-state index is 2.41. The van der Waals surface area contributed by atoms with E-state index in [4.69, 9.17) is 0 Å². The van der Waals surface area contributed by atoms with E-state index < -0.39 is 0 Å². The van der Waals surface area contributed by atoms with E-state index in [-0.39, 0.29) is 0 Å². The van der Waals surface area contributed by atoms with Gasteiger partial charge >= 0.3 is 0 Å². The molecular weight excluding hydrogens is 364 g/mol. The second-order valence-corrected chi connectivity index (χ2v) is 10.2. The third kappa shape index (κ3) is 2.39. The van der Waals surface area contributed by atoms with Crippen molar-refractivity contribution in [2.75, 3.05) is 0 Å². The summed E-state index contributed by atoms with van der Waals surface area (Å²) in [5, 5.41) is 9.07. The fourth-order valence-corrected chi connectivity index (χ4v) is 7.44. The van der Waals surface area contributed by atoms with E-state index in [9.17, 15) is 0 Å². The number of thiophene rings is 2. The molecular formula is C25H26S2. The number of rotatable bonds is 5. The van der Waals surface area contributed by atoms with Gasteiger partial charge in [-0.15, -0.1) is 22.7 Å². The van der Waals surface area contributed by atoms with Crippen LogP contribution in [0.2, 0.25) is 0 Å². The van der Waals surface area contributed by atoms with Crippen molar-refractivity contribution in [2.45, 2.75) is 58.8 Å². The first-order valence-corrected chi connectivity index (χ1v) is 11.9. The number of hydrogen-bond acceptors (Lipinski definition) is 2. The molecule has 0 fully saturated rings. The van der Waals surface area contributed by atoms with Crippen LogP contribution in [0.3, 0.4) is 0 Å². The van der Waals surface area contributed by atoms with Crippen LogP contribution in [0.4, 0.5) is 0 Å². The lowest BCUT2D eigenvalue weighted by atomic mass is 9.90. The van der Waals surface area contributed by atoms with Crippen molar-refractivity contribution in [1.29, 1.82) is 0 Å². The van der Waals surface area contributed by atoms with Crippen LogP contribution in [0.15, 0.2) is 36.4 Å². The highest BCUT2D eigenvalue weighted by atomic mass is 32.1. The Balaban J connectivity index is 2.03. The van der Waals surface area contributed by atoms with E-state index in [1.165, 1.54) is 61.0 Å². The first-order chi connectivity index (χ1) is 13.2. The lowest BCUT2D eigenvalue weighted by Crippen LogP contribution is -1.92. The normalized spacial score (nSPS) is 14.8. The van der Waals surface area contributed by atoms with Crippen molar-refractivity contribution in [3.05, 3.63) is 46.2 Å². The molecule has 0 aliphatic rings. The van der Waals surface area contributed by atoms with Crippen molar-refractivity contribution in [3.8, 4) is 0 Å². The van der Waals surface area contributed by atoms with Gasteiger partial charge in [0.1, 0.15) is 0 Å². The first-order valence-electron chi connectivity index (χ1n) is 10.3. The van der Waals surface area contributed by atoms with Gasteiger partial charge < -0.3 is 0 Å². The van der Waals surface area contributed by atoms with Gasteiger partial charge in [-0.3, -0.25) is 0 Å². The van der Waals surface area contributed by atoms with Gasteiger partial charge in [0, 0.05) is 40.7 Å². The zero-order valence-corrected chi connectivity index (χ0v) is 18.2. The smallest absolute Gasteiger partial charge is 0.0358 e. The molecule has 0 aliphatic carbocycles. The summed E-state index contributed by atoms with van der Waals surface area (Å²) in [5.74, 6) is 1.24. The zero-order chi connectivity index (χ0) is 18.7. The average molecular weight is 391 g/mol. The van der Waals surface area contributed by atoms with Crippen LogP contribution in [0, 0.1) is 0 Å². The Hall–Kier alpha value is -1.64. The van der Waals surface area contributed by atoms with Gasteiger partial charge in [-0.2, -0.15) is 0 Å². The summed E-state index contributed by atoms with van der Waals surface area (Å²) in [7, 11) is 0. The molecule has 0 nitrogen and oxygen atoms in total. The van der Waals surface area contributed by atoms with E-state index in [2.05, 4.69) is 64.1 Å². The Morgan fingerprint density at radius 2 is 1.22 bits per heavy atom. The van der Waals surface area contributed by atoms with E-state index in [1.54, 1.807) is 9.75 Å². The minimum atomic E-state index is 0.610. The third-order valence-corrected chi connectivity index (χ3v) is 9.03. The van der Waals surface area contributed by atoms with Crippen molar-refractivity contribution < 1.29 is 0 Å². The monoisotopic (exact) mass is 390 g/mol. The van der Waals surface area contributed by atoms with E-state index in [1.807, 2.05) is 22.7 Å². The molecule has 2 heteroatoms. The number of fused-ring (bicyclic) bond motifs is 2. The van der Waals surface area contributed by atoms with E-state index in [0.717, 1.165) is 0 Å². The predicted molar refractivity (Wildman–Crippen MR) is 125 cm³/mol. The van der Waals surface area contributed by atoms with Crippen LogP contribution < -0.4 is 0 Å². The summed E-state index contributed by atoms with van der Waals surface area (Å²) in [6.45, 7) is 9.42. The summed E-state index contributed by atoms with van der Waals surface area (Å²) in [4.78, 5) is 3.17. The van der Waals surface area contributed by atoms with Crippen LogP contribution in [0.25, 0.3) is 41.7 Å². The molecule has 2 unspecified atom stereocenters. The third-order valence-electron chi connectivity index (χ3n) is 6.25. The lowest BCUT2D eigenvalue weighted by molar-refractivity contribution is 0.679. The molecule has 0 spiro atoms. The number of benzene rings is 3. The van der Waals surface area contributed by atoms with Gasteiger partial charge in [0.05, 0.1) is 0 Å². The standard InChI is InChI=1S/C25H26S2/c1-5-9-15(4)25-23-17-11-8-12-18-20(17)22(24(26-18)14(3)6-2)16-10-7-13-19(27-25)21(16)23/h7-8,10-15H,5-6,9H2,1-4H3. The Morgan fingerprint density at radius 1 is 0.704 bits per heavy atom. The summed E-state index contributed by atoms with van der Waals surface area (Å²) < 4.78 is 2.92. The number of hydrogen-bond donors (Lipinski definition) is 0. The topological polar surface area (TPSA) is 0 Å². The second kappa shape index (κ2) is 6.46. The SMILES string of the molecule is CCCC(C)c1sc2cccc3c4c(C(C)CC)sc5cccc(c1c23)c54. The highest BCUT2D eigenvalue weighted by Gasteiger charge is 2.24. The molecule has 2 aromatic heterocycles. The molecule has 2 atom stereocenters. The molecule has 5 rings (SSSR count). The van der Waals surface area contributed by atoms with E-state index in [0.29, 0.717) is 11.8 Å². The van der Waals surface area contributed by atoms with Gasteiger partial charge in [0.15, 0.2) is 0 Å². The molecule has 5 aromatic rings. The first kappa shape index (κ1) is 17.5. The minimum Gasteiger partial charge on any atom is -0.139 e. The van der Waals surface area contributed by atoms with Crippen LogP contribution >= 0.6 is 22.7 Å². The Kier molecular flexibility index (Phi) is 4.18. The summed E-state index contributed by atoms with van der Waals surface area (Å²) in [6, 6.07) is 13.9. The average Bonchev–Trinajstić information content (AvgIpc) is 3.26. The fourth-order valence-electron chi connectivity index (χ4n) is 4.73. The molecule has 0 radical (unpaired) electrons. The lowest BCUT2D eigenvalue weighted by Gasteiger charge is -2.13. The van der Waals surface area contributed by atoms with Crippen molar-refractivity contribution in [1.82, 2.24) is 0 Å². The van der Waals surface area contributed by atoms with Crippen molar-refractivity contribution >= 4 is 64.4 Å². The van der Waals surface area contributed by atoms with Crippen molar-refractivity contribution in [3.63, 3.8) is 0 Å². The minimum absolute atomic E-state index is 0.610. The maximum atomic E-state index is 2.41. The Morgan fingerprint density at radius 3 is 1.70 bits per heavy atom.